The number of nitrogens with zero attached hydrogens (tertiary/aromatic N) is 2. The minimum atomic E-state index is -1.17. The Labute approximate surface area is 115 Å². The molecule has 2 rings (SSSR count). The van der Waals surface area contributed by atoms with Crippen molar-refractivity contribution in [3.05, 3.63) is 59.2 Å². The molecule has 0 fully saturated rings. The highest BCUT2D eigenvalue weighted by Crippen LogP contribution is 2.03. The first-order valence-corrected chi connectivity index (χ1v) is 5.96. The summed E-state index contributed by atoms with van der Waals surface area (Å²) >= 11 is 0. The van der Waals surface area contributed by atoms with Gasteiger partial charge in [0.2, 0.25) is 0 Å². The second-order valence-corrected chi connectivity index (χ2v) is 4.19. The van der Waals surface area contributed by atoms with Crippen molar-refractivity contribution in [2.24, 2.45) is 0 Å². The van der Waals surface area contributed by atoms with Crippen LogP contribution >= 0.6 is 0 Å². The molecule has 6 heteroatoms. The molecule has 6 nitrogen and oxygen atoms in total. The van der Waals surface area contributed by atoms with Gasteiger partial charge in [0, 0.05) is 17.5 Å². The van der Waals surface area contributed by atoms with Crippen LogP contribution in [-0.4, -0.2) is 27.0 Å². The molecule has 0 spiro atoms. The number of rotatable bonds is 4. The summed E-state index contributed by atoms with van der Waals surface area (Å²) in [6, 6.07) is 8.24. The van der Waals surface area contributed by atoms with E-state index in [1.165, 1.54) is 18.3 Å². The molecule has 0 saturated heterocycles. The highest BCUT2D eigenvalue weighted by atomic mass is 16.4. The SMILES string of the molecule is Cc1cccc(CNC(=O)c2ccnc(C(=O)O)c2)n1. The average molecular weight is 271 g/mol. The summed E-state index contributed by atoms with van der Waals surface area (Å²) in [5.41, 5.74) is 1.70. The van der Waals surface area contributed by atoms with Crippen LogP contribution in [0.1, 0.15) is 32.2 Å². The maximum Gasteiger partial charge on any atom is 0.354 e. The fourth-order valence-electron chi connectivity index (χ4n) is 1.66. The number of aromatic carboxylic acids is 1. The lowest BCUT2D eigenvalue weighted by molar-refractivity contribution is 0.0690. The largest absolute Gasteiger partial charge is 0.477 e. The summed E-state index contributed by atoms with van der Waals surface area (Å²) in [4.78, 5) is 30.6. The van der Waals surface area contributed by atoms with Gasteiger partial charge in [0.1, 0.15) is 5.69 Å². The molecule has 0 atom stereocenters. The van der Waals surface area contributed by atoms with E-state index in [-0.39, 0.29) is 23.7 Å². The highest BCUT2D eigenvalue weighted by molar-refractivity contribution is 5.96. The third-order valence-electron chi connectivity index (χ3n) is 2.62. The maximum absolute atomic E-state index is 11.9. The van der Waals surface area contributed by atoms with Crippen molar-refractivity contribution in [1.82, 2.24) is 15.3 Å². The Hall–Kier alpha value is -2.76. The smallest absolute Gasteiger partial charge is 0.354 e. The molecule has 102 valence electrons. The third kappa shape index (κ3) is 3.38. The number of carbonyl (C=O) groups excluding carboxylic acids is 1. The molecule has 1 amide bonds. The molecule has 0 bridgehead atoms. The minimum Gasteiger partial charge on any atom is -0.477 e. The monoisotopic (exact) mass is 271 g/mol. The number of aromatic nitrogens is 2. The van der Waals surface area contributed by atoms with Gasteiger partial charge in [-0.25, -0.2) is 9.78 Å². The summed E-state index contributed by atoms with van der Waals surface area (Å²) < 4.78 is 0. The van der Waals surface area contributed by atoms with Gasteiger partial charge in [-0.2, -0.15) is 0 Å². The first-order valence-electron chi connectivity index (χ1n) is 5.96. The highest BCUT2D eigenvalue weighted by Gasteiger charge is 2.10. The van der Waals surface area contributed by atoms with Crippen molar-refractivity contribution in [3.8, 4) is 0 Å². The van der Waals surface area contributed by atoms with E-state index in [0.717, 1.165) is 11.4 Å². The second kappa shape index (κ2) is 5.92. The molecular formula is C14H13N3O3. The van der Waals surface area contributed by atoms with Gasteiger partial charge >= 0.3 is 5.97 Å². The normalized spacial score (nSPS) is 10.1. The summed E-state index contributed by atoms with van der Waals surface area (Å²) in [7, 11) is 0. The van der Waals surface area contributed by atoms with Gasteiger partial charge in [-0.05, 0) is 31.2 Å². The predicted molar refractivity (Wildman–Crippen MR) is 71.3 cm³/mol. The van der Waals surface area contributed by atoms with E-state index in [0.29, 0.717) is 0 Å². The Morgan fingerprint density at radius 3 is 2.80 bits per heavy atom. The fraction of sp³-hybridized carbons (Fsp3) is 0.143. The van der Waals surface area contributed by atoms with Crippen molar-refractivity contribution < 1.29 is 14.7 Å². The van der Waals surface area contributed by atoms with E-state index in [1.54, 1.807) is 0 Å². The molecule has 2 heterocycles. The Morgan fingerprint density at radius 2 is 2.10 bits per heavy atom. The van der Waals surface area contributed by atoms with E-state index in [9.17, 15) is 9.59 Å². The van der Waals surface area contributed by atoms with Crippen molar-refractivity contribution in [2.45, 2.75) is 13.5 Å². The number of pyridine rings is 2. The Kier molecular flexibility index (Phi) is 4.05. The number of carboxylic acids is 1. The summed E-state index contributed by atoms with van der Waals surface area (Å²) in [6.07, 6.45) is 1.29. The van der Waals surface area contributed by atoms with Crippen molar-refractivity contribution >= 4 is 11.9 Å². The van der Waals surface area contributed by atoms with Crippen LogP contribution in [0.3, 0.4) is 0 Å². The zero-order valence-corrected chi connectivity index (χ0v) is 10.8. The number of hydrogen-bond acceptors (Lipinski definition) is 4. The molecule has 0 aliphatic heterocycles. The topological polar surface area (TPSA) is 92.2 Å². The van der Waals surface area contributed by atoms with Gasteiger partial charge in [0.25, 0.3) is 5.91 Å². The number of aryl methyl sites for hydroxylation is 1. The molecule has 2 aromatic rings. The van der Waals surface area contributed by atoms with Crippen molar-refractivity contribution in [2.75, 3.05) is 0 Å². The molecule has 2 aromatic heterocycles. The number of nitrogens with one attached hydrogen (secondary N) is 1. The minimum absolute atomic E-state index is 0.161. The zero-order chi connectivity index (χ0) is 14.5. The van der Waals surface area contributed by atoms with Gasteiger partial charge in [-0.3, -0.25) is 9.78 Å². The molecule has 0 unspecified atom stereocenters. The molecule has 0 aliphatic carbocycles. The summed E-state index contributed by atoms with van der Waals surface area (Å²) in [6.45, 7) is 2.15. The summed E-state index contributed by atoms with van der Waals surface area (Å²) in [5.74, 6) is -1.53. The first-order chi connectivity index (χ1) is 9.56. The Balaban J connectivity index is 2.05. The van der Waals surface area contributed by atoms with E-state index in [4.69, 9.17) is 5.11 Å². The van der Waals surface area contributed by atoms with Crippen LogP contribution < -0.4 is 5.32 Å². The zero-order valence-electron chi connectivity index (χ0n) is 10.8. The molecule has 0 aromatic carbocycles. The van der Waals surface area contributed by atoms with Crippen LogP contribution in [0, 0.1) is 6.92 Å². The standard InChI is InChI=1S/C14H13N3O3/c1-9-3-2-4-11(17-9)8-16-13(18)10-5-6-15-12(7-10)14(19)20/h2-7H,8H2,1H3,(H,16,18)(H,19,20). The van der Waals surface area contributed by atoms with Crippen LogP contribution in [0.5, 0.6) is 0 Å². The predicted octanol–water partition coefficient (Wildman–Crippen LogP) is 1.41. The number of amides is 1. The number of hydrogen-bond donors (Lipinski definition) is 2. The quantitative estimate of drug-likeness (QED) is 0.877. The van der Waals surface area contributed by atoms with Crippen LogP contribution in [0.2, 0.25) is 0 Å². The lowest BCUT2D eigenvalue weighted by atomic mass is 10.2. The maximum atomic E-state index is 11.9. The lowest BCUT2D eigenvalue weighted by Gasteiger charge is -2.05. The molecule has 0 aliphatic rings. The molecule has 0 saturated carbocycles. The van der Waals surface area contributed by atoms with Gasteiger partial charge in [0.15, 0.2) is 0 Å². The third-order valence-corrected chi connectivity index (χ3v) is 2.62. The van der Waals surface area contributed by atoms with Gasteiger partial charge in [-0.1, -0.05) is 6.07 Å². The molecule has 20 heavy (non-hydrogen) atoms. The van der Waals surface area contributed by atoms with Crippen LogP contribution in [-0.2, 0) is 6.54 Å². The van der Waals surface area contributed by atoms with Crippen molar-refractivity contribution in [3.63, 3.8) is 0 Å². The van der Waals surface area contributed by atoms with Crippen molar-refractivity contribution in [1.29, 1.82) is 0 Å². The summed E-state index contributed by atoms with van der Waals surface area (Å²) in [5, 5.41) is 11.5. The van der Waals surface area contributed by atoms with Gasteiger partial charge < -0.3 is 10.4 Å². The fourth-order valence-corrected chi connectivity index (χ4v) is 1.66. The van der Waals surface area contributed by atoms with E-state index in [1.807, 2.05) is 25.1 Å². The number of carbonyl (C=O) groups is 2. The number of carboxylic acid groups (broad SMARTS) is 1. The van der Waals surface area contributed by atoms with Crippen LogP contribution in [0.4, 0.5) is 0 Å². The first kappa shape index (κ1) is 13.7. The second-order valence-electron chi connectivity index (χ2n) is 4.19. The van der Waals surface area contributed by atoms with E-state index < -0.39 is 5.97 Å². The van der Waals surface area contributed by atoms with E-state index >= 15 is 0 Å². The average Bonchev–Trinajstić information content (AvgIpc) is 2.45. The Bertz CT molecular complexity index is 656. The van der Waals surface area contributed by atoms with Gasteiger partial charge in [0.05, 0.1) is 12.2 Å². The van der Waals surface area contributed by atoms with E-state index in [2.05, 4.69) is 15.3 Å². The lowest BCUT2D eigenvalue weighted by Crippen LogP contribution is -2.23. The molecule has 2 N–H and O–H groups in total. The van der Waals surface area contributed by atoms with Crippen LogP contribution in [0.25, 0.3) is 0 Å². The Morgan fingerprint density at radius 1 is 1.30 bits per heavy atom. The molecule has 0 radical (unpaired) electrons. The molecular weight excluding hydrogens is 258 g/mol. The van der Waals surface area contributed by atoms with Crippen LogP contribution in [0.15, 0.2) is 36.5 Å². The van der Waals surface area contributed by atoms with Gasteiger partial charge in [-0.15, -0.1) is 0 Å².